The smallest absolute Gasteiger partial charge is 0.148 e. The van der Waals surface area contributed by atoms with E-state index in [2.05, 4.69) is 10.4 Å². The van der Waals surface area contributed by atoms with E-state index in [0.717, 1.165) is 5.82 Å². The zero-order valence-corrected chi connectivity index (χ0v) is 7.73. The standard InChI is InChI=1S/C8H15N3O2/c1-11-4-2-8(10-11)9-3-6-13-7-5-12/h2,4,12H,3,5-7H2,1H3,(H,9,10). The van der Waals surface area contributed by atoms with Crippen LogP contribution < -0.4 is 5.32 Å². The van der Waals surface area contributed by atoms with Gasteiger partial charge >= 0.3 is 0 Å². The van der Waals surface area contributed by atoms with E-state index in [4.69, 9.17) is 9.84 Å². The number of nitrogens with zero attached hydrogens (tertiary/aromatic N) is 2. The molecule has 1 rings (SSSR count). The average molecular weight is 185 g/mol. The first-order valence-corrected chi connectivity index (χ1v) is 4.25. The van der Waals surface area contributed by atoms with Gasteiger partial charge in [0, 0.05) is 25.9 Å². The van der Waals surface area contributed by atoms with Crippen LogP contribution in [-0.4, -0.2) is 41.3 Å². The SMILES string of the molecule is Cn1ccc(NCCOCCO)n1. The molecule has 74 valence electrons. The van der Waals surface area contributed by atoms with E-state index in [-0.39, 0.29) is 6.61 Å². The van der Waals surface area contributed by atoms with Gasteiger partial charge in [-0.3, -0.25) is 4.68 Å². The molecule has 2 N–H and O–H groups in total. The molecular weight excluding hydrogens is 170 g/mol. The molecule has 0 fully saturated rings. The molecule has 1 heterocycles. The monoisotopic (exact) mass is 185 g/mol. The van der Waals surface area contributed by atoms with Gasteiger partial charge in [-0.2, -0.15) is 5.10 Å². The highest BCUT2D eigenvalue weighted by Crippen LogP contribution is 1.99. The van der Waals surface area contributed by atoms with Gasteiger partial charge in [-0.25, -0.2) is 0 Å². The van der Waals surface area contributed by atoms with Crippen LogP contribution >= 0.6 is 0 Å². The molecule has 0 aliphatic carbocycles. The third-order valence-electron chi connectivity index (χ3n) is 1.50. The number of hydrogen-bond donors (Lipinski definition) is 2. The van der Waals surface area contributed by atoms with Gasteiger partial charge in [-0.05, 0) is 0 Å². The van der Waals surface area contributed by atoms with Gasteiger partial charge in [0.1, 0.15) is 5.82 Å². The van der Waals surface area contributed by atoms with E-state index in [9.17, 15) is 0 Å². The summed E-state index contributed by atoms with van der Waals surface area (Å²) in [6.45, 7) is 1.75. The van der Waals surface area contributed by atoms with Crippen LogP contribution in [0.3, 0.4) is 0 Å². The third kappa shape index (κ3) is 3.91. The van der Waals surface area contributed by atoms with Gasteiger partial charge in [0.15, 0.2) is 0 Å². The number of aryl methyl sites for hydroxylation is 1. The largest absolute Gasteiger partial charge is 0.394 e. The van der Waals surface area contributed by atoms with E-state index in [1.807, 2.05) is 19.3 Å². The fourth-order valence-electron chi connectivity index (χ4n) is 0.927. The van der Waals surface area contributed by atoms with E-state index in [1.165, 1.54) is 0 Å². The molecular formula is C8H15N3O2. The Morgan fingerprint density at radius 1 is 1.62 bits per heavy atom. The van der Waals surface area contributed by atoms with Gasteiger partial charge < -0.3 is 15.2 Å². The van der Waals surface area contributed by atoms with Gasteiger partial charge in [-0.15, -0.1) is 0 Å². The fraction of sp³-hybridized carbons (Fsp3) is 0.625. The molecule has 5 nitrogen and oxygen atoms in total. The number of rotatable bonds is 6. The Bertz CT molecular complexity index is 237. The topological polar surface area (TPSA) is 59.3 Å². The second-order valence-corrected chi connectivity index (χ2v) is 2.64. The van der Waals surface area contributed by atoms with Crippen LogP contribution in [0, 0.1) is 0 Å². The predicted molar refractivity (Wildman–Crippen MR) is 49.6 cm³/mol. The van der Waals surface area contributed by atoms with Crippen LogP contribution in [0.2, 0.25) is 0 Å². The maximum Gasteiger partial charge on any atom is 0.148 e. The second kappa shape index (κ2) is 5.55. The van der Waals surface area contributed by atoms with Crippen molar-refractivity contribution in [3.05, 3.63) is 12.3 Å². The highest BCUT2D eigenvalue weighted by Gasteiger charge is 1.93. The molecule has 0 aliphatic rings. The third-order valence-corrected chi connectivity index (χ3v) is 1.50. The minimum Gasteiger partial charge on any atom is -0.394 e. The van der Waals surface area contributed by atoms with Crippen LogP contribution in [-0.2, 0) is 11.8 Å². The highest BCUT2D eigenvalue weighted by atomic mass is 16.5. The van der Waals surface area contributed by atoms with Crippen molar-refractivity contribution >= 4 is 5.82 Å². The second-order valence-electron chi connectivity index (χ2n) is 2.64. The number of aliphatic hydroxyl groups is 1. The highest BCUT2D eigenvalue weighted by molar-refractivity contribution is 5.31. The van der Waals surface area contributed by atoms with Crippen molar-refractivity contribution in [1.82, 2.24) is 9.78 Å². The molecule has 5 heteroatoms. The molecule has 0 bridgehead atoms. The molecule has 0 saturated carbocycles. The first-order chi connectivity index (χ1) is 6.33. The average Bonchev–Trinajstić information content (AvgIpc) is 2.51. The Morgan fingerprint density at radius 2 is 2.46 bits per heavy atom. The first kappa shape index (κ1) is 10.0. The molecule has 0 aliphatic heterocycles. The Hall–Kier alpha value is -1.07. The summed E-state index contributed by atoms with van der Waals surface area (Å²) in [6, 6.07) is 1.89. The zero-order chi connectivity index (χ0) is 9.52. The summed E-state index contributed by atoms with van der Waals surface area (Å²) >= 11 is 0. The first-order valence-electron chi connectivity index (χ1n) is 4.25. The Labute approximate surface area is 77.3 Å². The van der Waals surface area contributed by atoms with E-state index >= 15 is 0 Å². The maximum absolute atomic E-state index is 8.42. The molecule has 0 saturated heterocycles. The van der Waals surface area contributed by atoms with Crippen molar-refractivity contribution in [1.29, 1.82) is 0 Å². The zero-order valence-electron chi connectivity index (χ0n) is 7.73. The number of nitrogens with one attached hydrogen (secondary N) is 1. The van der Waals surface area contributed by atoms with Crippen LogP contribution in [0.25, 0.3) is 0 Å². The number of aromatic nitrogens is 2. The van der Waals surface area contributed by atoms with Crippen LogP contribution in [0.5, 0.6) is 0 Å². The number of ether oxygens (including phenoxy) is 1. The molecule has 0 amide bonds. The van der Waals surface area contributed by atoms with E-state index in [0.29, 0.717) is 19.8 Å². The van der Waals surface area contributed by atoms with Crippen molar-refractivity contribution in [3.63, 3.8) is 0 Å². The number of hydrogen-bond acceptors (Lipinski definition) is 4. The normalized spacial score (nSPS) is 10.3. The van der Waals surface area contributed by atoms with E-state index < -0.39 is 0 Å². The minimum atomic E-state index is 0.0730. The van der Waals surface area contributed by atoms with Gasteiger partial charge in [0.25, 0.3) is 0 Å². The molecule has 1 aromatic rings. The van der Waals surface area contributed by atoms with Gasteiger partial charge in [0.05, 0.1) is 19.8 Å². The summed E-state index contributed by atoms with van der Waals surface area (Å²) in [4.78, 5) is 0. The molecule has 13 heavy (non-hydrogen) atoms. The lowest BCUT2D eigenvalue weighted by molar-refractivity contribution is 0.0992. The van der Waals surface area contributed by atoms with Crippen molar-refractivity contribution in [2.45, 2.75) is 0 Å². The van der Waals surface area contributed by atoms with Gasteiger partial charge in [-0.1, -0.05) is 0 Å². The van der Waals surface area contributed by atoms with E-state index in [1.54, 1.807) is 4.68 Å². The molecule has 0 unspecified atom stereocenters. The van der Waals surface area contributed by atoms with Crippen molar-refractivity contribution in [2.75, 3.05) is 31.7 Å². The summed E-state index contributed by atoms with van der Waals surface area (Å²) in [7, 11) is 1.87. The summed E-state index contributed by atoms with van der Waals surface area (Å²) in [5.74, 6) is 0.843. The summed E-state index contributed by atoms with van der Waals surface area (Å²) in [5.41, 5.74) is 0. The summed E-state index contributed by atoms with van der Waals surface area (Å²) in [6.07, 6.45) is 1.87. The van der Waals surface area contributed by atoms with Crippen LogP contribution in [0.1, 0.15) is 0 Å². The van der Waals surface area contributed by atoms with Gasteiger partial charge in [0.2, 0.25) is 0 Å². The number of aliphatic hydroxyl groups excluding tert-OH is 1. The quantitative estimate of drug-likeness (QED) is 0.605. The molecule has 0 atom stereocenters. The lowest BCUT2D eigenvalue weighted by Gasteiger charge is -2.02. The molecule has 1 aromatic heterocycles. The Morgan fingerprint density at radius 3 is 3.08 bits per heavy atom. The fourth-order valence-corrected chi connectivity index (χ4v) is 0.927. The number of anilines is 1. The maximum atomic E-state index is 8.42. The minimum absolute atomic E-state index is 0.0730. The van der Waals surface area contributed by atoms with Crippen molar-refractivity contribution in [2.24, 2.45) is 7.05 Å². The molecule has 0 aromatic carbocycles. The molecule has 0 spiro atoms. The summed E-state index contributed by atoms with van der Waals surface area (Å²) in [5, 5.41) is 15.6. The summed E-state index contributed by atoms with van der Waals surface area (Å²) < 4.78 is 6.80. The molecule has 0 radical (unpaired) electrons. The lowest BCUT2D eigenvalue weighted by atomic mass is 10.6. The van der Waals surface area contributed by atoms with Crippen LogP contribution in [0.15, 0.2) is 12.3 Å². The van der Waals surface area contributed by atoms with Crippen molar-refractivity contribution < 1.29 is 9.84 Å². The Kier molecular flexibility index (Phi) is 4.28. The van der Waals surface area contributed by atoms with Crippen LogP contribution in [0.4, 0.5) is 5.82 Å². The van der Waals surface area contributed by atoms with Crippen molar-refractivity contribution in [3.8, 4) is 0 Å². The predicted octanol–water partition coefficient (Wildman–Crippen LogP) is -0.159. The Balaban J connectivity index is 2.06. The lowest BCUT2D eigenvalue weighted by Crippen LogP contribution is -2.11.